The Morgan fingerprint density at radius 2 is 2.00 bits per heavy atom. The van der Waals surface area contributed by atoms with E-state index in [9.17, 15) is 0 Å². The quantitative estimate of drug-likeness (QED) is 0.436. The average Bonchev–Trinajstić information content (AvgIpc) is 2.54. The molecular weight excluding hydrogens is 264 g/mol. The number of guanidine groups is 1. The molecule has 0 aliphatic heterocycles. The van der Waals surface area contributed by atoms with Gasteiger partial charge >= 0.3 is 0 Å². The highest BCUT2D eigenvalue weighted by atomic mass is 16.5. The Bertz CT molecular complexity index is 462. The third kappa shape index (κ3) is 7.33. The largest absolute Gasteiger partial charge is 0.382 e. The Balaban J connectivity index is 2.23. The summed E-state index contributed by atoms with van der Waals surface area (Å²) < 4.78 is 5.29. The van der Waals surface area contributed by atoms with E-state index >= 15 is 0 Å². The number of aliphatic imine (C=N–C) groups is 1. The lowest BCUT2D eigenvalue weighted by molar-refractivity contribution is 0.143. The maximum absolute atomic E-state index is 8.76. The second-order valence-corrected chi connectivity index (χ2v) is 4.57. The van der Waals surface area contributed by atoms with E-state index in [-0.39, 0.29) is 0 Å². The van der Waals surface area contributed by atoms with Gasteiger partial charge in [-0.2, -0.15) is 5.26 Å². The third-order valence-corrected chi connectivity index (χ3v) is 2.98. The molecule has 0 heterocycles. The van der Waals surface area contributed by atoms with E-state index in [0.29, 0.717) is 12.1 Å². The van der Waals surface area contributed by atoms with Crippen molar-refractivity contribution in [3.05, 3.63) is 35.4 Å². The Morgan fingerprint density at radius 1 is 1.24 bits per heavy atom. The zero-order chi connectivity index (χ0) is 15.3. The molecule has 0 amide bonds. The van der Waals surface area contributed by atoms with Crippen molar-refractivity contribution in [1.29, 1.82) is 5.26 Å². The molecule has 0 aromatic heterocycles. The molecule has 0 saturated carbocycles. The topological polar surface area (TPSA) is 69.4 Å². The summed E-state index contributed by atoms with van der Waals surface area (Å²) in [7, 11) is 1.76. The molecular formula is C16H24N4O. The van der Waals surface area contributed by atoms with Crippen LogP contribution in [0.1, 0.15) is 30.9 Å². The Morgan fingerprint density at radius 3 is 2.62 bits per heavy atom. The van der Waals surface area contributed by atoms with Crippen LogP contribution in [0, 0.1) is 11.3 Å². The lowest BCUT2D eigenvalue weighted by Crippen LogP contribution is -2.37. The van der Waals surface area contributed by atoms with Gasteiger partial charge in [-0.15, -0.1) is 0 Å². The maximum Gasteiger partial charge on any atom is 0.191 e. The fraction of sp³-hybridized carbons (Fsp3) is 0.500. The zero-order valence-electron chi connectivity index (χ0n) is 12.9. The van der Waals surface area contributed by atoms with Gasteiger partial charge in [0.15, 0.2) is 5.96 Å². The van der Waals surface area contributed by atoms with Gasteiger partial charge in [0, 0.05) is 33.4 Å². The number of ether oxygens (including phenoxy) is 1. The summed E-state index contributed by atoms with van der Waals surface area (Å²) in [5.74, 6) is 0.788. The minimum Gasteiger partial charge on any atom is -0.382 e. The van der Waals surface area contributed by atoms with E-state index in [4.69, 9.17) is 10.00 Å². The molecule has 0 aliphatic rings. The minimum absolute atomic E-state index is 0.676. The predicted octanol–water partition coefficient (Wildman–Crippen LogP) is 2.04. The van der Waals surface area contributed by atoms with Crippen LogP contribution >= 0.6 is 0 Å². The van der Waals surface area contributed by atoms with E-state index in [1.807, 2.05) is 31.2 Å². The number of hydrogen-bond donors (Lipinski definition) is 2. The highest BCUT2D eigenvalue weighted by Crippen LogP contribution is 2.02. The molecule has 5 heteroatoms. The summed E-state index contributed by atoms with van der Waals surface area (Å²) in [5, 5.41) is 15.3. The molecule has 2 N–H and O–H groups in total. The van der Waals surface area contributed by atoms with Crippen molar-refractivity contribution in [2.45, 2.75) is 26.3 Å². The van der Waals surface area contributed by atoms with E-state index < -0.39 is 0 Å². The Hall–Kier alpha value is -2.06. The monoisotopic (exact) mass is 288 g/mol. The van der Waals surface area contributed by atoms with Crippen LogP contribution in [0.15, 0.2) is 29.3 Å². The molecule has 5 nitrogen and oxygen atoms in total. The van der Waals surface area contributed by atoms with Gasteiger partial charge in [-0.3, -0.25) is 4.99 Å². The molecule has 0 spiro atoms. The fourth-order valence-electron chi connectivity index (χ4n) is 1.78. The molecule has 0 unspecified atom stereocenters. The van der Waals surface area contributed by atoms with Gasteiger partial charge in [0.25, 0.3) is 0 Å². The Kier molecular flexibility index (Phi) is 8.65. The first kappa shape index (κ1) is 17.0. The maximum atomic E-state index is 8.76. The molecule has 0 radical (unpaired) electrons. The molecule has 114 valence electrons. The van der Waals surface area contributed by atoms with Crippen molar-refractivity contribution in [2.24, 2.45) is 4.99 Å². The molecule has 1 rings (SSSR count). The van der Waals surface area contributed by atoms with E-state index in [0.717, 1.165) is 44.1 Å². The smallest absolute Gasteiger partial charge is 0.191 e. The standard InChI is InChI=1S/C16H24N4O/c1-3-21-11-5-4-10-19-16(18-2)20-13-15-8-6-14(12-17)7-9-15/h6-9H,3-5,10-11,13H2,1-2H3,(H2,18,19,20). The summed E-state index contributed by atoms with van der Waals surface area (Å²) in [6.45, 7) is 5.16. The van der Waals surface area contributed by atoms with Crippen molar-refractivity contribution < 1.29 is 4.74 Å². The van der Waals surface area contributed by atoms with Gasteiger partial charge in [0.2, 0.25) is 0 Å². The number of benzene rings is 1. The molecule has 0 saturated heterocycles. The summed E-state index contributed by atoms with van der Waals surface area (Å²) in [6.07, 6.45) is 2.10. The van der Waals surface area contributed by atoms with E-state index in [1.165, 1.54) is 0 Å². The highest BCUT2D eigenvalue weighted by Gasteiger charge is 1.98. The number of nitriles is 1. The number of rotatable bonds is 8. The molecule has 0 atom stereocenters. The van der Waals surface area contributed by atoms with Crippen LogP contribution in [0.5, 0.6) is 0 Å². The van der Waals surface area contributed by atoms with Crippen molar-refractivity contribution in [3.63, 3.8) is 0 Å². The highest BCUT2D eigenvalue weighted by molar-refractivity contribution is 5.79. The molecule has 21 heavy (non-hydrogen) atoms. The molecule has 0 fully saturated rings. The molecule has 1 aromatic carbocycles. The summed E-state index contributed by atoms with van der Waals surface area (Å²) in [6, 6.07) is 9.64. The van der Waals surface area contributed by atoms with Gasteiger partial charge in [0.1, 0.15) is 0 Å². The lowest BCUT2D eigenvalue weighted by atomic mass is 10.1. The van der Waals surface area contributed by atoms with E-state index in [2.05, 4.69) is 21.7 Å². The predicted molar refractivity (Wildman–Crippen MR) is 85.1 cm³/mol. The van der Waals surface area contributed by atoms with Gasteiger partial charge < -0.3 is 15.4 Å². The second kappa shape index (κ2) is 10.7. The van der Waals surface area contributed by atoms with Gasteiger partial charge in [-0.25, -0.2) is 0 Å². The molecule has 0 aliphatic carbocycles. The molecule has 0 bridgehead atoms. The third-order valence-electron chi connectivity index (χ3n) is 2.98. The van der Waals surface area contributed by atoms with Gasteiger partial charge in [-0.1, -0.05) is 12.1 Å². The van der Waals surface area contributed by atoms with Gasteiger partial charge in [-0.05, 0) is 37.5 Å². The Labute approximate surface area is 127 Å². The first-order valence-electron chi connectivity index (χ1n) is 7.31. The van der Waals surface area contributed by atoms with Crippen molar-refractivity contribution in [2.75, 3.05) is 26.8 Å². The summed E-state index contributed by atoms with van der Waals surface area (Å²) >= 11 is 0. The minimum atomic E-state index is 0.676. The van der Waals surface area contributed by atoms with Crippen LogP contribution in [-0.4, -0.2) is 32.8 Å². The number of unbranched alkanes of at least 4 members (excludes halogenated alkanes) is 1. The van der Waals surface area contributed by atoms with Crippen LogP contribution < -0.4 is 10.6 Å². The van der Waals surface area contributed by atoms with Crippen molar-refractivity contribution in [3.8, 4) is 6.07 Å². The average molecular weight is 288 g/mol. The number of nitrogens with zero attached hydrogens (tertiary/aromatic N) is 2. The normalized spacial score (nSPS) is 11.0. The number of nitrogens with one attached hydrogen (secondary N) is 2. The van der Waals surface area contributed by atoms with Crippen LogP contribution in [0.3, 0.4) is 0 Å². The van der Waals surface area contributed by atoms with Crippen LogP contribution in [-0.2, 0) is 11.3 Å². The zero-order valence-corrected chi connectivity index (χ0v) is 12.9. The van der Waals surface area contributed by atoms with Crippen LogP contribution in [0.25, 0.3) is 0 Å². The number of hydrogen-bond acceptors (Lipinski definition) is 3. The molecule has 1 aromatic rings. The van der Waals surface area contributed by atoms with Gasteiger partial charge in [0.05, 0.1) is 11.6 Å². The van der Waals surface area contributed by atoms with Crippen LogP contribution in [0.2, 0.25) is 0 Å². The first-order chi connectivity index (χ1) is 10.3. The van der Waals surface area contributed by atoms with Crippen molar-refractivity contribution in [1.82, 2.24) is 10.6 Å². The lowest BCUT2D eigenvalue weighted by Gasteiger charge is -2.12. The fourth-order valence-corrected chi connectivity index (χ4v) is 1.78. The first-order valence-corrected chi connectivity index (χ1v) is 7.31. The summed E-state index contributed by atoms with van der Waals surface area (Å²) in [4.78, 5) is 4.18. The van der Waals surface area contributed by atoms with Crippen molar-refractivity contribution >= 4 is 5.96 Å². The summed E-state index contributed by atoms with van der Waals surface area (Å²) in [5.41, 5.74) is 1.80. The van der Waals surface area contributed by atoms with E-state index in [1.54, 1.807) is 7.05 Å². The second-order valence-electron chi connectivity index (χ2n) is 4.57. The van der Waals surface area contributed by atoms with Crippen LogP contribution in [0.4, 0.5) is 0 Å². The SMILES string of the molecule is CCOCCCCNC(=NC)NCc1ccc(C#N)cc1.